The normalized spacial score (nSPS) is 0. The second kappa shape index (κ2) is 54.0. The minimum Gasteiger partial charge on any atom is -0.0125 e. The molecule has 0 fully saturated rings. The summed E-state index contributed by atoms with van der Waals surface area (Å²) in [5.41, 5.74) is 0. The van der Waals surface area contributed by atoms with E-state index in [2.05, 4.69) is 0 Å². The third-order valence-electron chi connectivity index (χ3n) is 0. The first kappa shape index (κ1) is 74.1. The van der Waals surface area contributed by atoms with Gasteiger partial charge in [0.1, 0.15) is 0 Å². The van der Waals surface area contributed by atoms with E-state index in [0.717, 1.165) is 0 Å². The van der Waals surface area contributed by atoms with Gasteiger partial charge in [-0.3, -0.25) is 0 Å². The summed E-state index contributed by atoms with van der Waals surface area (Å²) in [5.74, 6) is 0. The quantitative estimate of drug-likeness (QED) is 0.328. The second-order valence-electron chi connectivity index (χ2n) is 0. The maximum absolute atomic E-state index is 0. The summed E-state index contributed by atoms with van der Waals surface area (Å²) in [7, 11) is 0. The molecule has 0 unspecified atom stereocenters. The summed E-state index contributed by atoms with van der Waals surface area (Å²) in [4.78, 5) is 0. The molecule has 0 aliphatic rings. The van der Waals surface area contributed by atoms with Crippen LogP contribution < -0.4 is 0 Å². The van der Waals surface area contributed by atoms with Crippen LogP contribution in [0.5, 0.6) is 0 Å². The zero-order valence-corrected chi connectivity index (χ0v) is 13.4. The third kappa shape index (κ3) is 42.2. The molecule has 0 saturated carbocycles. The van der Waals surface area contributed by atoms with Gasteiger partial charge in [0.05, 0.1) is 0 Å². The largest absolute Gasteiger partial charge is 0.187 e. The minimum atomic E-state index is 0. The van der Waals surface area contributed by atoms with E-state index >= 15 is 0 Å². The molecule has 0 atom stereocenters. The van der Waals surface area contributed by atoms with E-state index in [4.69, 9.17) is 0 Å². The Labute approximate surface area is 119 Å². The van der Waals surface area contributed by atoms with Gasteiger partial charge in [0.2, 0.25) is 0 Å². The predicted octanol–water partition coefficient (Wildman–Crippen LogP) is -2.38. The van der Waals surface area contributed by atoms with Gasteiger partial charge in [0.25, 0.3) is 0 Å². The predicted molar refractivity (Wildman–Crippen MR) is 19.9 cm³/mol. The monoisotopic (exact) mass is 496 g/mol. The van der Waals surface area contributed by atoms with E-state index in [9.17, 15) is 0 Å². The molecule has 0 aliphatic heterocycles. The molecule has 0 saturated heterocycles. The second-order valence-corrected chi connectivity index (χ2v) is 0. The summed E-state index contributed by atoms with van der Waals surface area (Å²) in [6.07, 6.45) is 0. The van der Waals surface area contributed by atoms with Crippen LogP contribution in [0.1, 0.15) is 0 Å². The van der Waals surface area contributed by atoms with Gasteiger partial charge in [-0.15, -0.1) is 0 Å². The molecular weight excluding hydrogens is 492 g/mol. The van der Waals surface area contributed by atoms with Crippen LogP contribution in [0.25, 0.3) is 0 Å². The molecule has 0 nitrogen and oxygen atoms in total. The SMILES string of the molecule is [AlH3].[Au].[Cu].[Fe].[Mn].[SiH3].[Zn]. The van der Waals surface area contributed by atoms with E-state index in [1.165, 1.54) is 0 Å². The van der Waals surface area contributed by atoms with Crippen molar-refractivity contribution in [3.63, 3.8) is 0 Å². The van der Waals surface area contributed by atoms with E-state index in [-0.39, 0.29) is 121 Å². The standard InChI is InChI=1S/Al.Au.Cu.Fe.Mn.H3Si.Zn.3H/h;;;;;1H3;;;;. The topological polar surface area (TPSA) is 0 Å². The first-order chi connectivity index (χ1) is 0. The van der Waals surface area contributed by atoms with Gasteiger partial charge in [0.15, 0.2) is 17.4 Å². The van der Waals surface area contributed by atoms with Gasteiger partial charge in [0, 0.05) is 93.1 Å². The fourth-order valence-electron chi connectivity index (χ4n) is 0. The summed E-state index contributed by atoms with van der Waals surface area (Å²) in [6.45, 7) is 0. The Morgan fingerprint density at radius 2 is 1.00 bits per heavy atom. The van der Waals surface area contributed by atoms with Crippen LogP contribution in [0, 0.1) is 0 Å². The molecule has 0 N–H and O–H groups in total. The van der Waals surface area contributed by atoms with Gasteiger partial charge < -0.3 is 0 Å². The number of hydrogen-bond acceptors (Lipinski definition) is 0. The van der Waals surface area contributed by atoms with Gasteiger partial charge in [-0.25, -0.2) is 0 Å². The van der Waals surface area contributed by atoms with Crippen molar-refractivity contribution in [2.45, 2.75) is 0 Å². The van der Waals surface area contributed by atoms with Crippen LogP contribution in [0.2, 0.25) is 0 Å². The fraction of sp³-hybridized carbons (Fsp3) is 0. The van der Waals surface area contributed by atoms with Crippen LogP contribution in [0.4, 0.5) is 0 Å². The molecule has 0 aromatic heterocycles. The summed E-state index contributed by atoms with van der Waals surface area (Å²) in [5, 5.41) is 0. The van der Waals surface area contributed by atoms with Crippen LogP contribution in [-0.4, -0.2) is 28.3 Å². The Hall–Kier alpha value is 3.67. The molecule has 0 bridgehead atoms. The van der Waals surface area contributed by atoms with Crippen molar-refractivity contribution in [1.29, 1.82) is 0 Å². The Kier molecular flexibility index (Phi) is 571. The smallest absolute Gasteiger partial charge is 0.0125 e. The van der Waals surface area contributed by atoms with E-state index in [1.54, 1.807) is 0 Å². The van der Waals surface area contributed by atoms with E-state index in [0.29, 0.717) is 0 Å². The first-order valence-electron chi connectivity index (χ1n) is 0. The number of hydrogen-bond donors (Lipinski definition) is 0. The van der Waals surface area contributed by atoms with Crippen LogP contribution in [-0.2, 0) is 93.1 Å². The van der Waals surface area contributed by atoms with Crippen molar-refractivity contribution < 1.29 is 93.1 Å². The molecule has 0 rings (SSSR count). The van der Waals surface area contributed by atoms with Crippen molar-refractivity contribution in [2.24, 2.45) is 0 Å². The van der Waals surface area contributed by atoms with Crippen LogP contribution >= 0.6 is 0 Å². The molecule has 0 aromatic rings. The van der Waals surface area contributed by atoms with Crippen LogP contribution in [0.3, 0.4) is 0 Å². The average Bonchev–Trinajstić information content (AvgIpc) is 0. The number of rotatable bonds is 0. The van der Waals surface area contributed by atoms with Gasteiger partial charge in [-0.1, -0.05) is 0 Å². The Bertz CT molecular complexity index is 19.7. The van der Waals surface area contributed by atoms with Gasteiger partial charge in [-0.05, 0) is 11.0 Å². The molecule has 7 heteroatoms. The molecule has 0 aromatic carbocycles. The zero-order chi connectivity index (χ0) is 0. The van der Waals surface area contributed by atoms with E-state index in [1.807, 2.05) is 0 Å². The summed E-state index contributed by atoms with van der Waals surface area (Å²) < 4.78 is 0. The van der Waals surface area contributed by atoms with Crippen molar-refractivity contribution in [2.75, 3.05) is 0 Å². The maximum Gasteiger partial charge on any atom is 0.187 e. The maximum atomic E-state index is 0. The zero-order valence-electron chi connectivity index (χ0n) is 3.04. The summed E-state index contributed by atoms with van der Waals surface area (Å²) >= 11 is 0. The van der Waals surface area contributed by atoms with Crippen molar-refractivity contribution >= 4 is 28.3 Å². The van der Waals surface area contributed by atoms with E-state index < -0.39 is 0 Å². The molecular formula is H6AlAuCuFeMnSiZn. The first-order valence-corrected chi connectivity index (χ1v) is 0. The Balaban J connectivity index is 0. The Morgan fingerprint density at radius 1 is 1.00 bits per heavy atom. The Morgan fingerprint density at radius 3 is 1.00 bits per heavy atom. The minimum absolute atomic E-state index is 0. The van der Waals surface area contributed by atoms with Crippen LogP contribution in [0.15, 0.2) is 0 Å². The molecule has 0 heterocycles. The molecule has 0 spiro atoms. The molecule has 0 aliphatic carbocycles. The van der Waals surface area contributed by atoms with Gasteiger partial charge in [-0.2, -0.15) is 0 Å². The molecule has 52 valence electrons. The van der Waals surface area contributed by atoms with Crippen molar-refractivity contribution in [1.82, 2.24) is 0 Å². The molecule has 4 radical (unpaired) electrons. The van der Waals surface area contributed by atoms with Gasteiger partial charge >= 0.3 is 0 Å². The average molecular weight is 498 g/mol. The molecule has 7 heavy (non-hydrogen) atoms. The van der Waals surface area contributed by atoms with Crippen molar-refractivity contribution in [3.8, 4) is 0 Å². The third-order valence-corrected chi connectivity index (χ3v) is 0. The fourth-order valence-corrected chi connectivity index (χ4v) is 0. The summed E-state index contributed by atoms with van der Waals surface area (Å²) in [6, 6.07) is 0. The van der Waals surface area contributed by atoms with Crippen molar-refractivity contribution in [3.05, 3.63) is 0 Å². The molecule has 0 amide bonds.